The Morgan fingerprint density at radius 1 is 1.04 bits per heavy atom. The van der Waals surface area contributed by atoms with Crippen LogP contribution in [0.15, 0.2) is 41.2 Å². The van der Waals surface area contributed by atoms with Crippen molar-refractivity contribution in [2.24, 2.45) is 11.8 Å². The van der Waals surface area contributed by atoms with Crippen molar-refractivity contribution in [1.29, 1.82) is 0 Å². The standard InChI is InChI=1S/C38H50F3N5O5S/c1-5-13-32(47)35(49)30(21-27-16-11-8-12-17-27)43-37(51)34(29(6-2)31-23-52-25-42-31)44-36(50)28(20-26-14-9-7-10-15-26)22-33(48)46(4)19-18-45(3)24-38(39,40)41/h1-2,7,9-10,14-15,23,25,27-30,32,34-35,47,49H,8,11-13,16-22,24H2,3-4H3,(H,43,51)(H,44,50)/t28-,29?,30+,32+,34+,35-/m1/s1. The molecule has 4 N–H and O–H groups in total. The lowest BCUT2D eigenvalue weighted by Crippen LogP contribution is -2.57. The van der Waals surface area contributed by atoms with Crippen molar-refractivity contribution in [2.75, 3.05) is 33.7 Å². The van der Waals surface area contributed by atoms with Crippen LogP contribution < -0.4 is 10.6 Å². The highest BCUT2D eigenvalue weighted by Crippen LogP contribution is 2.29. The van der Waals surface area contributed by atoms with E-state index in [2.05, 4.69) is 27.5 Å². The number of terminal acetylenes is 2. The molecule has 1 fully saturated rings. The minimum Gasteiger partial charge on any atom is -0.389 e. The van der Waals surface area contributed by atoms with E-state index in [1.807, 2.05) is 0 Å². The van der Waals surface area contributed by atoms with Gasteiger partial charge in [0.1, 0.15) is 12.1 Å². The van der Waals surface area contributed by atoms with Gasteiger partial charge in [-0.25, -0.2) is 4.98 Å². The molecule has 3 amide bonds. The van der Waals surface area contributed by atoms with Crippen LogP contribution >= 0.6 is 11.3 Å². The van der Waals surface area contributed by atoms with E-state index in [9.17, 15) is 37.8 Å². The summed E-state index contributed by atoms with van der Waals surface area (Å²) in [5.41, 5.74) is 2.65. The maximum atomic E-state index is 14.2. The molecular weight excluding hydrogens is 696 g/mol. The zero-order valence-corrected chi connectivity index (χ0v) is 30.5. The van der Waals surface area contributed by atoms with Gasteiger partial charge in [-0.1, -0.05) is 68.4 Å². The van der Waals surface area contributed by atoms with Gasteiger partial charge in [0.15, 0.2) is 0 Å². The second-order valence-electron chi connectivity index (χ2n) is 13.6. The van der Waals surface area contributed by atoms with Gasteiger partial charge in [-0.05, 0) is 31.4 Å². The third-order valence-electron chi connectivity index (χ3n) is 9.45. The molecule has 14 heteroatoms. The Morgan fingerprint density at radius 2 is 1.73 bits per heavy atom. The Hall–Kier alpha value is -3.95. The molecular formula is C38H50F3N5O5S. The average molecular weight is 746 g/mol. The number of aliphatic hydroxyl groups excluding tert-OH is 2. The number of aliphatic hydroxyl groups is 2. The molecule has 52 heavy (non-hydrogen) atoms. The van der Waals surface area contributed by atoms with Crippen LogP contribution in [0.4, 0.5) is 13.2 Å². The van der Waals surface area contributed by atoms with Crippen molar-refractivity contribution in [3.8, 4) is 24.7 Å². The number of nitrogens with one attached hydrogen (secondary N) is 2. The number of carbonyl (C=O) groups excluding carboxylic acids is 3. The highest BCUT2D eigenvalue weighted by atomic mass is 32.1. The largest absolute Gasteiger partial charge is 0.401 e. The van der Waals surface area contributed by atoms with Crippen LogP contribution in [0.2, 0.25) is 0 Å². The number of carbonyl (C=O) groups is 3. The lowest BCUT2D eigenvalue weighted by molar-refractivity contribution is -0.144. The van der Waals surface area contributed by atoms with Gasteiger partial charge in [-0.15, -0.1) is 30.1 Å². The fourth-order valence-corrected chi connectivity index (χ4v) is 7.09. The van der Waals surface area contributed by atoms with Gasteiger partial charge in [0.2, 0.25) is 17.7 Å². The number of amides is 3. The average Bonchev–Trinajstić information content (AvgIpc) is 3.64. The van der Waals surface area contributed by atoms with Crippen molar-refractivity contribution in [2.45, 2.75) is 94.2 Å². The zero-order chi connectivity index (χ0) is 38.3. The first kappa shape index (κ1) is 42.5. The first-order valence-electron chi connectivity index (χ1n) is 17.5. The highest BCUT2D eigenvalue weighted by molar-refractivity contribution is 7.07. The van der Waals surface area contributed by atoms with Crippen LogP contribution in [0.1, 0.15) is 68.5 Å². The number of halogens is 3. The lowest BCUT2D eigenvalue weighted by atomic mass is 9.82. The number of benzene rings is 1. The molecule has 0 bridgehead atoms. The zero-order valence-electron chi connectivity index (χ0n) is 29.7. The second kappa shape index (κ2) is 20.9. The van der Waals surface area contributed by atoms with Crippen molar-refractivity contribution in [3.05, 3.63) is 52.5 Å². The Labute approximate surface area is 308 Å². The summed E-state index contributed by atoms with van der Waals surface area (Å²) in [6.07, 6.45) is 9.26. The van der Waals surface area contributed by atoms with E-state index in [4.69, 9.17) is 12.8 Å². The van der Waals surface area contributed by atoms with Gasteiger partial charge in [0, 0.05) is 38.4 Å². The van der Waals surface area contributed by atoms with Gasteiger partial charge in [0.25, 0.3) is 0 Å². The molecule has 1 saturated carbocycles. The molecule has 1 aromatic carbocycles. The summed E-state index contributed by atoms with van der Waals surface area (Å²) < 4.78 is 38.5. The van der Waals surface area contributed by atoms with Crippen LogP contribution in [-0.2, 0) is 20.8 Å². The molecule has 3 rings (SSSR count). The number of hydrogen-bond acceptors (Lipinski definition) is 8. The van der Waals surface area contributed by atoms with Crippen LogP contribution in [0.25, 0.3) is 0 Å². The fourth-order valence-electron chi connectivity index (χ4n) is 6.50. The van der Waals surface area contributed by atoms with Gasteiger partial charge in [0.05, 0.1) is 41.7 Å². The van der Waals surface area contributed by atoms with Gasteiger partial charge in [-0.3, -0.25) is 19.3 Å². The van der Waals surface area contributed by atoms with Crippen molar-refractivity contribution in [1.82, 2.24) is 25.4 Å². The summed E-state index contributed by atoms with van der Waals surface area (Å²) in [6.45, 7) is -1.18. The monoisotopic (exact) mass is 745 g/mol. The molecule has 2 aromatic rings. The van der Waals surface area contributed by atoms with E-state index >= 15 is 0 Å². The van der Waals surface area contributed by atoms with E-state index in [0.717, 1.165) is 42.6 Å². The molecule has 284 valence electrons. The Bertz CT molecular complexity index is 1490. The number of aromatic nitrogens is 1. The SMILES string of the molecule is C#CC[C@H](O)[C@H](O)[C@H](CC1CCCCC1)NC(=O)[C@@H](NC(=O)[C@@H](CC(=O)N(C)CCN(C)CC(F)(F)F)Cc1ccccc1)C(C#C)c1cscn1. The number of rotatable bonds is 19. The maximum Gasteiger partial charge on any atom is 0.401 e. The highest BCUT2D eigenvalue weighted by Gasteiger charge is 2.38. The van der Waals surface area contributed by atoms with E-state index in [1.54, 1.807) is 41.2 Å². The quantitative estimate of drug-likeness (QED) is 0.161. The summed E-state index contributed by atoms with van der Waals surface area (Å²) in [4.78, 5) is 48.4. The molecule has 1 aromatic heterocycles. The van der Waals surface area contributed by atoms with E-state index in [1.165, 1.54) is 30.3 Å². The van der Waals surface area contributed by atoms with E-state index in [-0.39, 0.29) is 38.3 Å². The molecule has 10 nitrogen and oxygen atoms in total. The number of alkyl halides is 3. The van der Waals surface area contributed by atoms with Crippen LogP contribution in [0, 0.1) is 36.5 Å². The predicted octanol–water partition coefficient (Wildman–Crippen LogP) is 3.75. The van der Waals surface area contributed by atoms with Gasteiger partial charge in [-0.2, -0.15) is 13.2 Å². The molecule has 0 radical (unpaired) electrons. The number of thiazole rings is 1. The Balaban J connectivity index is 1.88. The van der Waals surface area contributed by atoms with E-state index < -0.39 is 66.6 Å². The first-order valence-corrected chi connectivity index (χ1v) is 18.4. The summed E-state index contributed by atoms with van der Waals surface area (Å²) in [5, 5.41) is 29.1. The van der Waals surface area contributed by atoms with Crippen molar-refractivity contribution in [3.63, 3.8) is 0 Å². The minimum atomic E-state index is -4.39. The second-order valence-corrected chi connectivity index (χ2v) is 14.3. The molecule has 0 saturated heterocycles. The summed E-state index contributed by atoms with van der Waals surface area (Å²) in [6, 6.07) is 6.68. The summed E-state index contributed by atoms with van der Waals surface area (Å²) >= 11 is 1.25. The third-order valence-corrected chi connectivity index (χ3v) is 10.0. The van der Waals surface area contributed by atoms with Crippen molar-refractivity contribution < 1.29 is 37.8 Å². The molecule has 1 aliphatic carbocycles. The normalized spacial score (nSPS) is 17.1. The van der Waals surface area contributed by atoms with Gasteiger partial charge < -0.3 is 25.7 Å². The van der Waals surface area contributed by atoms with Crippen molar-refractivity contribution >= 4 is 29.1 Å². The maximum absolute atomic E-state index is 14.2. The molecule has 6 atom stereocenters. The molecule has 1 unspecified atom stereocenters. The van der Waals surface area contributed by atoms with E-state index in [0.29, 0.717) is 12.1 Å². The van der Waals surface area contributed by atoms with Crippen LogP contribution in [0.5, 0.6) is 0 Å². The van der Waals surface area contributed by atoms with Crippen LogP contribution in [-0.4, -0.2) is 107 Å². The number of nitrogens with zero attached hydrogens (tertiary/aromatic N) is 3. The molecule has 0 aliphatic heterocycles. The summed E-state index contributed by atoms with van der Waals surface area (Å²) in [5.74, 6) is 1.27. The predicted molar refractivity (Wildman–Crippen MR) is 194 cm³/mol. The van der Waals surface area contributed by atoms with Crippen LogP contribution in [0.3, 0.4) is 0 Å². The fraction of sp³-hybridized carbons (Fsp3) is 0.579. The Kier molecular flexibility index (Phi) is 17.1. The molecule has 0 spiro atoms. The smallest absolute Gasteiger partial charge is 0.389 e. The number of hydrogen-bond donors (Lipinski definition) is 4. The first-order chi connectivity index (χ1) is 24.7. The molecule has 1 heterocycles. The third kappa shape index (κ3) is 13.9. The van der Waals surface area contributed by atoms with Gasteiger partial charge >= 0.3 is 6.18 Å². The minimum absolute atomic E-state index is 0.00461. The number of likely N-dealkylation sites (N-methyl/N-ethyl adjacent to an activating group) is 2. The summed E-state index contributed by atoms with van der Waals surface area (Å²) in [7, 11) is 2.77. The Morgan fingerprint density at radius 3 is 2.33 bits per heavy atom. The topological polar surface area (TPSA) is 135 Å². The molecule has 1 aliphatic rings. The lowest BCUT2D eigenvalue weighted by Gasteiger charge is -2.34.